The average Bonchev–Trinajstić information content (AvgIpc) is 2.88. The zero-order chi connectivity index (χ0) is 12.8. The Balaban J connectivity index is 1.91. The van der Waals surface area contributed by atoms with Crippen molar-refractivity contribution in [1.82, 2.24) is 10.2 Å². The predicted octanol–water partition coefficient (Wildman–Crippen LogP) is 2.67. The van der Waals surface area contributed by atoms with Crippen LogP contribution in [0, 0.1) is 0 Å². The van der Waals surface area contributed by atoms with Crippen molar-refractivity contribution in [3.8, 4) is 0 Å². The number of furan rings is 1. The maximum Gasteiger partial charge on any atom is 0.117 e. The van der Waals surface area contributed by atoms with E-state index < -0.39 is 0 Å². The van der Waals surface area contributed by atoms with E-state index in [0.29, 0.717) is 6.04 Å². The van der Waals surface area contributed by atoms with Gasteiger partial charge < -0.3 is 14.6 Å². The molecule has 1 atom stereocenters. The molecule has 18 heavy (non-hydrogen) atoms. The van der Waals surface area contributed by atoms with Gasteiger partial charge in [-0.3, -0.25) is 0 Å². The topological polar surface area (TPSA) is 28.4 Å². The molecular weight excluding hydrogens is 224 g/mol. The zero-order valence-electron chi connectivity index (χ0n) is 11.0. The van der Waals surface area contributed by atoms with Crippen LogP contribution in [0.3, 0.4) is 0 Å². The number of rotatable bonds is 6. The summed E-state index contributed by atoms with van der Waals surface area (Å²) >= 11 is 0. The maximum absolute atomic E-state index is 5.31. The van der Waals surface area contributed by atoms with E-state index in [2.05, 4.69) is 48.6 Å². The normalized spacial score (nSPS) is 12.8. The van der Waals surface area contributed by atoms with E-state index in [-0.39, 0.29) is 0 Å². The Labute approximate surface area is 108 Å². The Morgan fingerprint density at radius 1 is 1.11 bits per heavy atom. The van der Waals surface area contributed by atoms with E-state index in [1.54, 1.807) is 6.26 Å². The van der Waals surface area contributed by atoms with Crippen LogP contribution in [0.2, 0.25) is 0 Å². The Bertz CT molecular complexity index is 437. The lowest BCUT2D eigenvalue weighted by Crippen LogP contribution is -2.30. The van der Waals surface area contributed by atoms with Crippen LogP contribution in [-0.2, 0) is 6.54 Å². The lowest BCUT2D eigenvalue weighted by atomic mass is 10.1. The molecule has 0 aliphatic heterocycles. The highest BCUT2D eigenvalue weighted by Crippen LogP contribution is 2.16. The van der Waals surface area contributed by atoms with Crippen molar-refractivity contribution in [2.45, 2.75) is 12.6 Å². The summed E-state index contributed by atoms with van der Waals surface area (Å²) in [4.78, 5) is 2.23. The summed E-state index contributed by atoms with van der Waals surface area (Å²) in [5, 5.41) is 3.43. The number of nitrogens with zero attached hydrogens (tertiary/aromatic N) is 1. The smallest absolute Gasteiger partial charge is 0.117 e. The molecule has 0 saturated carbocycles. The molecule has 1 unspecified atom stereocenters. The highest BCUT2D eigenvalue weighted by atomic mass is 16.3. The van der Waals surface area contributed by atoms with Crippen LogP contribution in [0.15, 0.2) is 53.1 Å². The number of likely N-dealkylation sites (N-methyl/N-ethyl adjacent to an activating group) is 1. The number of hydrogen-bond acceptors (Lipinski definition) is 3. The first-order chi connectivity index (χ1) is 8.77. The van der Waals surface area contributed by atoms with Crippen molar-refractivity contribution >= 4 is 0 Å². The summed E-state index contributed by atoms with van der Waals surface area (Å²) in [6, 6.07) is 14.8. The average molecular weight is 244 g/mol. The molecule has 2 aromatic rings. The number of benzene rings is 1. The molecule has 3 heteroatoms. The number of hydrogen-bond donors (Lipinski definition) is 1. The fourth-order valence-electron chi connectivity index (χ4n) is 2.02. The van der Waals surface area contributed by atoms with E-state index in [1.807, 2.05) is 18.2 Å². The molecule has 0 saturated heterocycles. The fourth-order valence-corrected chi connectivity index (χ4v) is 2.02. The van der Waals surface area contributed by atoms with Gasteiger partial charge >= 0.3 is 0 Å². The summed E-state index contributed by atoms with van der Waals surface area (Å²) in [5.41, 5.74) is 1.33. The van der Waals surface area contributed by atoms with Crippen LogP contribution >= 0.6 is 0 Å². The lowest BCUT2D eigenvalue weighted by molar-refractivity contribution is 0.285. The second-order valence-corrected chi connectivity index (χ2v) is 4.60. The van der Waals surface area contributed by atoms with Crippen LogP contribution in [-0.4, -0.2) is 25.5 Å². The molecule has 0 fully saturated rings. The van der Waals surface area contributed by atoms with Gasteiger partial charge in [-0.25, -0.2) is 0 Å². The van der Waals surface area contributed by atoms with Gasteiger partial charge in [0.1, 0.15) is 5.76 Å². The number of nitrogens with one attached hydrogen (secondary N) is 1. The van der Waals surface area contributed by atoms with E-state index >= 15 is 0 Å². The van der Waals surface area contributed by atoms with E-state index in [4.69, 9.17) is 4.42 Å². The third kappa shape index (κ3) is 3.45. The quantitative estimate of drug-likeness (QED) is 0.847. The van der Waals surface area contributed by atoms with Crippen molar-refractivity contribution in [2.75, 3.05) is 20.6 Å². The van der Waals surface area contributed by atoms with E-state index in [9.17, 15) is 0 Å². The Hall–Kier alpha value is -1.58. The summed E-state index contributed by atoms with van der Waals surface area (Å²) in [7, 11) is 4.21. The van der Waals surface area contributed by atoms with E-state index in [1.165, 1.54) is 5.56 Å². The van der Waals surface area contributed by atoms with Crippen LogP contribution in [0.25, 0.3) is 0 Å². The highest BCUT2D eigenvalue weighted by Gasteiger charge is 2.13. The van der Waals surface area contributed by atoms with Crippen molar-refractivity contribution in [2.24, 2.45) is 0 Å². The molecular formula is C15H20N2O. The van der Waals surface area contributed by atoms with Gasteiger partial charge in [0, 0.05) is 12.6 Å². The molecule has 2 rings (SSSR count). The van der Waals surface area contributed by atoms with Gasteiger partial charge in [-0.05, 0) is 31.8 Å². The summed E-state index contributed by atoms with van der Waals surface area (Å²) < 4.78 is 5.31. The molecule has 1 aromatic carbocycles. The molecule has 0 bridgehead atoms. The summed E-state index contributed by atoms with van der Waals surface area (Å²) in [5.74, 6) is 0.973. The molecule has 1 N–H and O–H groups in total. The summed E-state index contributed by atoms with van der Waals surface area (Å²) in [6.07, 6.45) is 1.71. The lowest BCUT2D eigenvalue weighted by Gasteiger charge is -2.25. The van der Waals surface area contributed by atoms with Gasteiger partial charge in [0.15, 0.2) is 0 Å². The highest BCUT2D eigenvalue weighted by molar-refractivity contribution is 5.19. The van der Waals surface area contributed by atoms with Gasteiger partial charge in [0.2, 0.25) is 0 Å². The van der Waals surface area contributed by atoms with Crippen LogP contribution in [0.5, 0.6) is 0 Å². The molecule has 1 aromatic heterocycles. The third-order valence-corrected chi connectivity index (χ3v) is 3.02. The largest absolute Gasteiger partial charge is 0.468 e. The Kier molecular flexibility index (Phi) is 4.56. The van der Waals surface area contributed by atoms with Crippen molar-refractivity contribution in [3.63, 3.8) is 0 Å². The molecule has 3 nitrogen and oxygen atoms in total. The minimum Gasteiger partial charge on any atom is -0.468 e. The van der Waals surface area contributed by atoms with Crippen LogP contribution in [0.4, 0.5) is 0 Å². The van der Waals surface area contributed by atoms with Gasteiger partial charge in [-0.15, -0.1) is 0 Å². The Morgan fingerprint density at radius 2 is 1.89 bits per heavy atom. The molecule has 0 aliphatic carbocycles. The second-order valence-electron chi connectivity index (χ2n) is 4.60. The minimum atomic E-state index is 0.376. The van der Waals surface area contributed by atoms with Gasteiger partial charge in [0.25, 0.3) is 0 Å². The monoisotopic (exact) mass is 244 g/mol. The Morgan fingerprint density at radius 3 is 2.50 bits per heavy atom. The standard InChI is InChI=1S/C15H20N2O/c1-17(2)15(13-7-4-3-5-8-13)12-16-11-14-9-6-10-18-14/h3-10,15-16H,11-12H2,1-2H3. The second kappa shape index (κ2) is 6.38. The molecule has 0 spiro atoms. The van der Waals surface area contributed by atoms with Gasteiger partial charge in [-0.2, -0.15) is 0 Å². The molecule has 1 heterocycles. The fraction of sp³-hybridized carbons (Fsp3) is 0.333. The third-order valence-electron chi connectivity index (χ3n) is 3.02. The predicted molar refractivity (Wildman–Crippen MR) is 73.3 cm³/mol. The first kappa shape index (κ1) is 12.9. The van der Waals surface area contributed by atoms with Crippen LogP contribution < -0.4 is 5.32 Å². The van der Waals surface area contributed by atoms with Crippen molar-refractivity contribution in [1.29, 1.82) is 0 Å². The molecule has 96 valence electrons. The first-order valence-corrected chi connectivity index (χ1v) is 6.22. The van der Waals surface area contributed by atoms with Crippen molar-refractivity contribution < 1.29 is 4.42 Å². The summed E-state index contributed by atoms with van der Waals surface area (Å²) in [6.45, 7) is 1.67. The molecule has 0 amide bonds. The SMILES string of the molecule is CN(C)C(CNCc1ccco1)c1ccccc1. The minimum absolute atomic E-state index is 0.376. The van der Waals surface area contributed by atoms with E-state index in [0.717, 1.165) is 18.8 Å². The molecule has 0 radical (unpaired) electrons. The zero-order valence-corrected chi connectivity index (χ0v) is 11.0. The first-order valence-electron chi connectivity index (χ1n) is 6.22. The van der Waals surface area contributed by atoms with Gasteiger partial charge in [-0.1, -0.05) is 30.3 Å². The maximum atomic E-state index is 5.31. The molecule has 0 aliphatic rings. The van der Waals surface area contributed by atoms with Crippen molar-refractivity contribution in [3.05, 3.63) is 60.1 Å². The van der Waals surface area contributed by atoms with Crippen LogP contribution in [0.1, 0.15) is 17.4 Å². The van der Waals surface area contributed by atoms with Gasteiger partial charge in [0.05, 0.1) is 12.8 Å².